The average Bonchev–Trinajstić information content (AvgIpc) is 2.61. The topological polar surface area (TPSA) is 52.7 Å². The number of hydrogen-bond acceptors (Lipinski definition) is 3. The van der Waals surface area contributed by atoms with Gasteiger partial charge in [0.05, 0.1) is 0 Å². The van der Waals surface area contributed by atoms with Gasteiger partial charge in [0, 0.05) is 42.6 Å². The van der Waals surface area contributed by atoms with Crippen molar-refractivity contribution < 1.29 is 9.59 Å². The Morgan fingerprint density at radius 3 is 2.40 bits per heavy atom. The third-order valence-electron chi connectivity index (χ3n) is 4.21. The van der Waals surface area contributed by atoms with Crippen molar-refractivity contribution in [3.63, 3.8) is 0 Å². The maximum Gasteiger partial charge on any atom is 0.313 e. The lowest BCUT2D eigenvalue weighted by atomic mass is 10.2. The van der Waals surface area contributed by atoms with E-state index in [9.17, 15) is 9.59 Å². The van der Waals surface area contributed by atoms with Crippen LogP contribution in [0.5, 0.6) is 0 Å². The molecule has 3 rings (SSSR count). The van der Waals surface area contributed by atoms with Crippen LogP contribution in [0.25, 0.3) is 0 Å². The van der Waals surface area contributed by atoms with E-state index < -0.39 is 11.8 Å². The largest absolute Gasteiger partial charge is 0.368 e. The number of anilines is 2. The zero-order valence-electron chi connectivity index (χ0n) is 14.0. The zero-order valence-corrected chi connectivity index (χ0v) is 14.8. The zero-order chi connectivity index (χ0) is 17.8. The smallest absolute Gasteiger partial charge is 0.313 e. The standard InChI is InChI=1S/C19H20ClN3O2/c1-14-4-2-6-16(12-14)21-18(24)19(25)23-10-8-22(9-11-23)17-7-3-5-15(20)13-17/h2-7,12-13H,8-11H2,1H3,(H,21,24). The second-order valence-corrected chi connectivity index (χ2v) is 6.52. The number of nitrogens with one attached hydrogen (secondary N) is 1. The molecule has 0 atom stereocenters. The number of hydrogen-bond donors (Lipinski definition) is 1. The van der Waals surface area contributed by atoms with Crippen LogP contribution in [-0.2, 0) is 9.59 Å². The highest BCUT2D eigenvalue weighted by Crippen LogP contribution is 2.21. The molecule has 1 aliphatic rings. The molecule has 0 aromatic heterocycles. The fourth-order valence-electron chi connectivity index (χ4n) is 2.89. The van der Waals surface area contributed by atoms with Gasteiger partial charge in [-0.3, -0.25) is 9.59 Å². The molecule has 0 saturated carbocycles. The summed E-state index contributed by atoms with van der Waals surface area (Å²) in [6, 6.07) is 15.0. The maximum atomic E-state index is 12.4. The van der Waals surface area contributed by atoms with Gasteiger partial charge in [-0.2, -0.15) is 0 Å². The quantitative estimate of drug-likeness (QED) is 0.841. The van der Waals surface area contributed by atoms with Crippen molar-refractivity contribution in [2.24, 2.45) is 0 Å². The Hall–Kier alpha value is -2.53. The van der Waals surface area contributed by atoms with Gasteiger partial charge in [-0.05, 0) is 42.8 Å². The summed E-state index contributed by atoms with van der Waals surface area (Å²) in [4.78, 5) is 28.3. The molecule has 1 fully saturated rings. The van der Waals surface area contributed by atoms with Crippen LogP contribution in [0.3, 0.4) is 0 Å². The van der Waals surface area contributed by atoms with Gasteiger partial charge in [-0.15, -0.1) is 0 Å². The third kappa shape index (κ3) is 4.31. The second kappa shape index (κ2) is 7.57. The first kappa shape index (κ1) is 17.3. The minimum absolute atomic E-state index is 0.493. The van der Waals surface area contributed by atoms with Crippen molar-refractivity contribution >= 4 is 34.8 Å². The monoisotopic (exact) mass is 357 g/mol. The molecule has 5 nitrogen and oxygen atoms in total. The van der Waals surface area contributed by atoms with Crippen molar-refractivity contribution in [2.45, 2.75) is 6.92 Å². The molecule has 0 aliphatic carbocycles. The summed E-state index contributed by atoms with van der Waals surface area (Å²) in [5.41, 5.74) is 2.69. The highest BCUT2D eigenvalue weighted by molar-refractivity contribution is 6.39. The minimum atomic E-state index is -0.596. The van der Waals surface area contributed by atoms with Crippen molar-refractivity contribution in [3.8, 4) is 0 Å². The second-order valence-electron chi connectivity index (χ2n) is 6.08. The molecule has 25 heavy (non-hydrogen) atoms. The number of carbonyl (C=O) groups excluding carboxylic acids is 2. The van der Waals surface area contributed by atoms with Gasteiger partial charge < -0.3 is 15.1 Å². The van der Waals surface area contributed by atoms with Gasteiger partial charge in [0.1, 0.15) is 0 Å². The van der Waals surface area contributed by atoms with E-state index in [1.807, 2.05) is 49.4 Å². The molecule has 0 bridgehead atoms. The first-order chi connectivity index (χ1) is 12.0. The summed E-state index contributed by atoms with van der Waals surface area (Å²) in [5, 5.41) is 3.36. The van der Waals surface area contributed by atoms with E-state index in [0.29, 0.717) is 36.9 Å². The van der Waals surface area contributed by atoms with Crippen molar-refractivity contribution in [3.05, 3.63) is 59.1 Å². The number of carbonyl (C=O) groups is 2. The molecule has 1 heterocycles. The molecule has 1 N–H and O–H groups in total. The van der Waals surface area contributed by atoms with Crippen LogP contribution in [0.2, 0.25) is 5.02 Å². The van der Waals surface area contributed by atoms with Crippen molar-refractivity contribution in [2.75, 3.05) is 36.4 Å². The Bertz CT molecular complexity index is 786. The summed E-state index contributed by atoms with van der Waals surface area (Å²) in [6.07, 6.45) is 0. The molecular weight excluding hydrogens is 338 g/mol. The van der Waals surface area contributed by atoms with Gasteiger partial charge in [0.15, 0.2) is 0 Å². The van der Waals surface area contributed by atoms with Crippen LogP contribution in [0.15, 0.2) is 48.5 Å². The molecule has 2 amide bonds. The summed E-state index contributed by atoms with van der Waals surface area (Å²) >= 11 is 6.03. The Balaban J connectivity index is 1.57. The van der Waals surface area contributed by atoms with Gasteiger partial charge in [-0.25, -0.2) is 0 Å². The van der Waals surface area contributed by atoms with E-state index in [1.54, 1.807) is 11.0 Å². The predicted octanol–water partition coefficient (Wildman–Crippen LogP) is 2.94. The summed E-state index contributed by atoms with van der Waals surface area (Å²) in [7, 11) is 0. The van der Waals surface area contributed by atoms with Crippen LogP contribution < -0.4 is 10.2 Å². The van der Waals surface area contributed by atoms with Crippen LogP contribution in [0.1, 0.15) is 5.56 Å². The lowest BCUT2D eigenvalue weighted by molar-refractivity contribution is -0.143. The summed E-state index contributed by atoms with van der Waals surface area (Å²) < 4.78 is 0. The number of amides is 2. The third-order valence-corrected chi connectivity index (χ3v) is 4.45. The SMILES string of the molecule is Cc1cccc(NC(=O)C(=O)N2CCN(c3cccc(Cl)c3)CC2)c1. The van der Waals surface area contributed by atoms with Crippen molar-refractivity contribution in [1.29, 1.82) is 0 Å². The normalized spacial score (nSPS) is 14.3. The highest BCUT2D eigenvalue weighted by atomic mass is 35.5. The summed E-state index contributed by atoms with van der Waals surface area (Å²) in [5.74, 6) is -1.09. The average molecular weight is 358 g/mol. The first-order valence-corrected chi connectivity index (χ1v) is 8.58. The number of aryl methyl sites for hydroxylation is 1. The van der Waals surface area contributed by atoms with E-state index in [-0.39, 0.29) is 0 Å². The molecular formula is C19H20ClN3O2. The number of halogens is 1. The van der Waals surface area contributed by atoms with Crippen LogP contribution in [0.4, 0.5) is 11.4 Å². The minimum Gasteiger partial charge on any atom is -0.368 e. The van der Waals surface area contributed by atoms with E-state index >= 15 is 0 Å². The number of nitrogens with zero attached hydrogens (tertiary/aromatic N) is 2. The van der Waals surface area contributed by atoms with Crippen LogP contribution >= 0.6 is 11.6 Å². The van der Waals surface area contributed by atoms with Crippen LogP contribution in [-0.4, -0.2) is 42.9 Å². The van der Waals surface area contributed by atoms with E-state index in [1.165, 1.54) is 0 Å². The van der Waals surface area contributed by atoms with E-state index in [2.05, 4.69) is 10.2 Å². The Morgan fingerprint density at radius 1 is 1.00 bits per heavy atom. The van der Waals surface area contributed by atoms with Crippen molar-refractivity contribution in [1.82, 2.24) is 4.90 Å². The lowest BCUT2D eigenvalue weighted by Crippen LogP contribution is -2.51. The van der Waals surface area contributed by atoms with Gasteiger partial charge >= 0.3 is 11.8 Å². The van der Waals surface area contributed by atoms with Gasteiger partial charge in [0.25, 0.3) is 0 Å². The molecule has 0 unspecified atom stereocenters. The van der Waals surface area contributed by atoms with E-state index in [4.69, 9.17) is 11.6 Å². The first-order valence-electron chi connectivity index (χ1n) is 8.20. The molecule has 1 aliphatic heterocycles. The number of benzene rings is 2. The molecule has 0 radical (unpaired) electrons. The summed E-state index contributed by atoms with van der Waals surface area (Å²) in [6.45, 7) is 4.29. The van der Waals surface area contributed by atoms with Crippen LogP contribution in [0, 0.1) is 6.92 Å². The Morgan fingerprint density at radius 2 is 1.72 bits per heavy atom. The fourth-order valence-corrected chi connectivity index (χ4v) is 3.08. The predicted molar refractivity (Wildman–Crippen MR) is 100 cm³/mol. The Kier molecular flexibility index (Phi) is 5.24. The number of piperazine rings is 1. The van der Waals surface area contributed by atoms with E-state index in [0.717, 1.165) is 11.3 Å². The molecule has 130 valence electrons. The van der Waals surface area contributed by atoms with Gasteiger partial charge in [0.2, 0.25) is 0 Å². The Labute approximate surface area is 152 Å². The molecule has 0 spiro atoms. The molecule has 2 aromatic carbocycles. The molecule has 1 saturated heterocycles. The lowest BCUT2D eigenvalue weighted by Gasteiger charge is -2.35. The fraction of sp³-hybridized carbons (Fsp3) is 0.263. The highest BCUT2D eigenvalue weighted by Gasteiger charge is 2.26. The molecule has 6 heteroatoms. The van der Waals surface area contributed by atoms with Gasteiger partial charge in [-0.1, -0.05) is 29.8 Å². The number of rotatable bonds is 2. The molecule has 2 aromatic rings. The maximum absolute atomic E-state index is 12.4.